The normalized spacial score (nSPS) is 28.1. The van der Waals surface area contributed by atoms with E-state index in [0.29, 0.717) is 64.2 Å². The number of carboxylic acid groups (broad SMARTS) is 2. The predicted molar refractivity (Wildman–Crippen MR) is 434 cm³/mol. The molecule has 0 aliphatic carbocycles. The van der Waals surface area contributed by atoms with E-state index in [0.717, 1.165) is 148 Å². The molecule has 0 aromatic carbocycles. The second-order valence-corrected chi connectivity index (χ2v) is 36.1. The van der Waals surface area contributed by atoms with E-state index >= 15 is 4.79 Å². The Bertz CT molecular complexity index is 3180. The van der Waals surface area contributed by atoms with Crippen molar-refractivity contribution < 1.29 is 185 Å². The van der Waals surface area contributed by atoms with Gasteiger partial charge in [0.25, 0.3) is 0 Å². The molecule has 4 saturated heterocycles. The first-order valence-electron chi connectivity index (χ1n) is 45.8. The van der Waals surface area contributed by atoms with Crippen molar-refractivity contribution in [2.45, 2.75) is 463 Å². The number of carbonyl (C=O) groups is 7. The SMILES string of the molecule is CCCCCCCCCCCC(=O)O[C@H](CCCCCCCCC)CC(=O)N[C@H]1[C@H](OC[C@H]2O[C@H](OP(=O)([O-])[O-])[C@H](NC(=O)C[C@H](O)CCCCCCCCC)[C@@H](OC(=O)C[C@H](O)CCCCCCC)[C@@H]2O)O[C@H](CO[C@]2(C(=O)[O-])C[C@@H](O[C@]3(C(=O)[O-])C[C@@H](O)[C@@H](O)[C@@H]([C@H](O)CO)O3)[C@@H](O)[C@@H]([C@H](O)CO)O2)[C@@H](OP(=O)([O-])[O-])[C@@H]1OC(=O)C[C@H](O)CCCCCCC. The molecule has 736 valence electrons. The molecule has 126 heavy (non-hydrogen) atoms. The molecule has 4 aliphatic heterocycles. The number of phosphoric ester groups is 2. The highest BCUT2D eigenvalue weighted by Gasteiger charge is 2.60. The Labute approximate surface area is 739 Å². The fourth-order valence-electron chi connectivity index (χ4n) is 16.0. The van der Waals surface area contributed by atoms with Crippen molar-refractivity contribution in [3.8, 4) is 0 Å². The van der Waals surface area contributed by atoms with Crippen LogP contribution in [0.1, 0.15) is 317 Å². The number of carbonyl (C=O) groups excluding carboxylic acids is 7. The molecule has 4 fully saturated rings. The molecular formula is C84H146N2O38P2-6. The number of nitrogens with one attached hydrogen (secondary N) is 2. The molecule has 0 aromatic rings. The number of carboxylic acids is 2. The third-order valence-electron chi connectivity index (χ3n) is 23.0. The monoisotopic (exact) mass is 1850 g/mol. The lowest BCUT2D eigenvalue weighted by Gasteiger charge is -2.53. The topological polar surface area (TPSA) is 649 Å². The fourth-order valence-corrected chi connectivity index (χ4v) is 17.0. The second-order valence-electron chi connectivity index (χ2n) is 33.9. The summed E-state index contributed by atoms with van der Waals surface area (Å²) in [4.78, 5) is 152. The van der Waals surface area contributed by atoms with Crippen molar-refractivity contribution in [3.63, 3.8) is 0 Å². The lowest BCUT2D eigenvalue weighted by atomic mass is 9.90. The molecule has 24 atom stereocenters. The van der Waals surface area contributed by atoms with Gasteiger partial charge >= 0.3 is 17.9 Å². The van der Waals surface area contributed by atoms with Gasteiger partial charge in [0.2, 0.25) is 23.4 Å². The fraction of sp³-hybridized carbons (Fsp3) is 0.917. The van der Waals surface area contributed by atoms with Crippen LogP contribution >= 0.6 is 15.6 Å². The number of ether oxygens (including phenoxy) is 10. The zero-order chi connectivity index (χ0) is 93.6. The summed E-state index contributed by atoms with van der Waals surface area (Å²) in [5, 5.41) is 154. The first-order chi connectivity index (χ1) is 59.8. The van der Waals surface area contributed by atoms with Crippen molar-refractivity contribution in [3.05, 3.63) is 0 Å². The number of aliphatic hydroxyl groups excluding tert-OH is 11. The first-order valence-corrected chi connectivity index (χ1v) is 48.7. The maximum absolute atomic E-state index is 15.3. The van der Waals surface area contributed by atoms with Crippen LogP contribution in [0, 0.1) is 0 Å². The Hall–Kier alpha value is -4.21. The quantitative estimate of drug-likeness (QED) is 0.0173. The van der Waals surface area contributed by atoms with Crippen molar-refractivity contribution >= 4 is 57.3 Å². The number of amides is 2. The molecular weight excluding hydrogens is 1710 g/mol. The van der Waals surface area contributed by atoms with E-state index in [1.165, 1.54) is 0 Å². The summed E-state index contributed by atoms with van der Waals surface area (Å²) < 4.78 is 95.4. The molecule has 0 unspecified atom stereocenters. The maximum atomic E-state index is 15.3. The van der Waals surface area contributed by atoms with Gasteiger partial charge in [-0.1, -0.05) is 234 Å². The number of hydrogen-bond donors (Lipinski definition) is 13. The van der Waals surface area contributed by atoms with Crippen LogP contribution in [0.4, 0.5) is 0 Å². The van der Waals surface area contributed by atoms with E-state index in [4.69, 9.17) is 56.4 Å². The Morgan fingerprint density at radius 1 is 0.437 bits per heavy atom. The Morgan fingerprint density at radius 3 is 1.29 bits per heavy atom. The van der Waals surface area contributed by atoms with Gasteiger partial charge in [0.1, 0.15) is 91.2 Å². The van der Waals surface area contributed by atoms with Gasteiger partial charge in [0.05, 0.1) is 98.3 Å². The molecule has 13 N–H and O–H groups in total. The minimum Gasteiger partial charge on any atom is -0.790 e. The molecule has 2 amide bonds. The Morgan fingerprint density at radius 2 is 0.833 bits per heavy atom. The summed E-state index contributed by atoms with van der Waals surface area (Å²) in [5.74, 6) is -18.0. The molecule has 4 heterocycles. The van der Waals surface area contributed by atoms with E-state index in [9.17, 15) is 124 Å². The molecule has 0 saturated carbocycles. The molecule has 0 radical (unpaired) electrons. The molecule has 4 rings (SSSR count). The van der Waals surface area contributed by atoms with Gasteiger partial charge in [-0.25, -0.2) is 0 Å². The third-order valence-corrected chi connectivity index (χ3v) is 24.0. The van der Waals surface area contributed by atoms with E-state index in [-0.39, 0.29) is 32.1 Å². The number of aliphatic carboxylic acids is 2. The summed E-state index contributed by atoms with van der Waals surface area (Å²) in [7, 11) is -13.0. The Kier molecular flexibility index (Phi) is 55.1. The maximum Gasteiger partial charge on any atom is 0.308 e. The highest BCUT2D eigenvalue weighted by Crippen LogP contribution is 2.43. The minimum absolute atomic E-state index is 0.0487. The zero-order valence-corrected chi connectivity index (χ0v) is 75.8. The highest BCUT2D eigenvalue weighted by molar-refractivity contribution is 7.43. The Balaban J connectivity index is 2.03. The lowest BCUT2D eigenvalue weighted by molar-refractivity contribution is -0.420. The summed E-state index contributed by atoms with van der Waals surface area (Å²) in [6.45, 7) is 4.39. The molecule has 0 bridgehead atoms. The van der Waals surface area contributed by atoms with Gasteiger partial charge in [-0.05, 0) is 38.5 Å². The molecule has 0 aromatic heterocycles. The van der Waals surface area contributed by atoms with E-state index < -0.39 is 268 Å². The standard InChI is InChI=1S/C84H152N2O38P2/c1-6-11-16-21-24-25-28-33-38-43-66(97)115-57(42-37-32-27-23-18-13-8-3)47-65(96)86-70-78(119-68(99)46-56(91)41-35-30-20-15-10-5)76(123-125(107,108)109)63(53-114-83(81(103)104)49-61(72(101)75(121-83)60(94)51-88)120-84(82(105)106)48-58(92)71(100)74(122-84)59(93)50-87)117-79(70)113-52-62-73(102)77(118-67(98)45-55(90)40-34-29-19-14-9-4)69(80(116-62)124-126(110,111)112)85-64(95)44-54(89)39-36-31-26-22-17-12-7-2/h54-63,69-80,87-94,100-102H,6-53H2,1-5H3,(H,85,95)(H,86,96)(H,103,104)(H,105,106)(H2,107,108,109)(H2,110,111,112)/p-6/t54-,55-,56-,57-,58-,59-,60-,61-,62-,63-,69-,70-,71-,72-,73-,74-,75-,76-,77-,78-,79-,80-,83-,84-/m1/s1. The van der Waals surface area contributed by atoms with Gasteiger partial charge in [-0.3, -0.25) is 24.0 Å². The minimum atomic E-state index is -6.66. The summed E-state index contributed by atoms with van der Waals surface area (Å²) >= 11 is 0. The van der Waals surface area contributed by atoms with Crippen LogP contribution in [0.25, 0.3) is 0 Å². The van der Waals surface area contributed by atoms with Crippen molar-refractivity contribution in [1.82, 2.24) is 10.6 Å². The predicted octanol–water partition coefficient (Wildman–Crippen LogP) is 0.805. The van der Waals surface area contributed by atoms with Gasteiger partial charge < -0.3 is 172 Å². The van der Waals surface area contributed by atoms with Crippen LogP contribution < -0.4 is 40.4 Å². The lowest BCUT2D eigenvalue weighted by Crippen LogP contribution is -2.71. The summed E-state index contributed by atoms with van der Waals surface area (Å²) in [6, 6.07) is -4.59. The largest absolute Gasteiger partial charge is 0.790 e. The van der Waals surface area contributed by atoms with E-state index in [1.54, 1.807) is 0 Å². The molecule has 42 heteroatoms. The zero-order valence-electron chi connectivity index (χ0n) is 74.0. The average Bonchev–Trinajstić information content (AvgIpc) is 0.746. The van der Waals surface area contributed by atoms with Crippen LogP contribution in [0.2, 0.25) is 0 Å². The number of aliphatic hydroxyl groups is 11. The number of esters is 3. The van der Waals surface area contributed by atoms with Gasteiger partial charge in [0, 0.05) is 19.3 Å². The second kappa shape index (κ2) is 60.8. The summed E-state index contributed by atoms with van der Waals surface area (Å²) in [5.41, 5.74) is 0. The van der Waals surface area contributed by atoms with Crippen LogP contribution in [0.15, 0.2) is 0 Å². The molecule has 40 nitrogen and oxygen atoms in total. The summed E-state index contributed by atoms with van der Waals surface area (Å²) in [6.07, 6.45) is -24.6. The number of unbranched alkanes of at least 4 members (excludes halogenated alkanes) is 28. The van der Waals surface area contributed by atoms with Gasteiger partial charge in [-0.2, -0.15) is 0 Å². The van der Waals surface area contributed by atoms with Crippen molar-refractivity contribution in [1.29, 1.82) is 0 Å². The number of hydrogen-bond acceptors (Lipinski definition) is 38. The number of phosphoric acid groups is 2. The smallest absolute Gasteiger partial charge is 0.308 e. The van der Waals surface area contributed by atoms with Crippen LogP contribution in [0.5, 0.6) is 0 Å². The van der Waals surface area contributed by atoms with Crippen molar-refractivity contribution in [2.24, 2.45) is 0 Å². The third kappa shape index (κ3) is 41.9. The first kappa shape index (κ1) is 114. The van der Waals surface area contributed by atoms with Crippen LogP contribution in [-0.2, 0) is 99.1 Å². The van der Waals surface area contributed by atoms with E-state index in [1.807, 2.05) is 20.8 Å². The van der Waals surface area contributed by atoms with E-state index in [2.05, 4.69) is 24.5 Å². The van der Waals surface area contributed by atoms with Gasteiger partial charge in [-0.15, -0.1) is 0 Å². The van der Waals surface area contributed by atoms with Crippen LogP contribution in [0.3, 0.4) is 0 Å². The van der Waals surface area contributed by atoms with Crippen LogP contribution in [-0.4, -0.2) is 270 Å². The molecule has 4 aliphatic rings. The van der Waals surface area contributed by atoms with Gasteiger partial charge in [0.15, 0.2) is 24.8 Å². The average molecular weight is 1850 g/mol. The number of rotatable bonds is 69. The van der Waals surface area contributed by atoms with Crippen molar-refractivity contribution in [2.75, 3.05) is 26.4 Å². The highest BCUT2D eigenvalue weighted by atomic mass is 31.2. The molecule has 0 spiro atoms.